The normalized spacial score (nSPS) is 11.3. The maximum atomic E-state index is 11.4. The molecule has 0 aliphatic carbocycles. The number of hydroxylamine groups is 1. The summed E-state index contributed by atoms with van der Waals surface area (Å²) in [6, 6.07) is 5.87. The third-order valence-corrected chi connectivity index (χ3v) is 3.92. The van der Waals surface area contributed by atoms with Crippen molar-refractivity contribution >= 4 is 29.3 Å². The number of rotatable bonds is 11. The van der Waals surface area contributed by atoms with Crippen LogP contribution in [0.25, 0.3) is 0 Å². The van der Waals surface area contributed by atoms with Gasteiger partial charge in [0.05, 0.1) is 13.2 Å². The van der Waals surface area contributed by atoms with Crippen LogP contribution < -0.4 is 10.2 Å². The second-order valence-corrected chi connectivity index (χ2v) is 7.50. The first-order valence-electron chi connectivity index (χ1n) is 8.82. The van der Waals surface area contributed by atoms with Crippen LogP contribution in [0.2, 0.25) is 0 Å². The molecule has 1 amide bonds. The van der Waals surface area contributed by atoms with Crippen LogP contribution in [0.3, 0.4) is 0 Å². The lowest BCUT2D eigenvalue weighted by atomic mass is 10.1. The van der Waals surface area contributed by atoms with Gasteiger partial charge in [-0.1, -0.05) is 12.5 Å². The van der Waals surface area contributed by atoms with Crippen molar-refractivity contribution in [1.82, 2.24) is 5.48 Å². The number of halogens is 2. The number of hydrogen-bond acceptors (Lipinski definition) is 4. The summed E-state index contributed by atoms with van der Waals surface area (Å²) in [6.07, 6.45) is 3.25. The second kappa shape index (κ2) is 12.3. The van der Waals surface area contributed by atoms with E-state index in [9.17, 15) is 4.79 Å². The summed E-state index contributed by atoms with van der Waals surface area (Å²) in [4.78, 5) is 16.5. The maximum Gasteiger partial charge on any atom is 0.431 e. The lowest BCUT2D eigenvalue weighted by Crippen LogP contribution is -2.32. The summed E-state index contributed by atoms with van der Waals surface area (Å²) < 4.78 is 10.8. The fourth-order valence-corrected chi connectivity index (χ4v) is 2.50. The summed E-state index contributed by atoms with van der Waals surface area (Å²) in [5.74, 6) is 1.69. The molecule has 1 aromatic rings. The van der Waals surface area contributed by atoms with Gasteiger partial charge >= 0.3 is 6.09 Å². The molecule has 0 aliphatic rings. The fraction of sp³-hybridized carbons (Fsp3) is 0.632. The Hall–Kier alpha value is -1.17. The molecule has 1 N–H and O–H groups in total. The van der Waals surface area contributed by atoms with Crippen molar-refractivity contribution in [2.75, 3.05) is 13.2 Å². The molecule has 0 spiro atoms. The summed E-state index contributed by atoms with van der Waals surface area (Å²) in [5, 5.41) is 0. The van der Waals surface area contributed by atoms with Gasteiger partial charge in [0.2, 0.25) is 0 Å². The van der Waals surface area contributed by atoms with Crippen LogP contribution in [0, 0.1) is 0 Å². The van der Waals surface area contributed by atoms with Crippen molar-refractivity contribution in [1.29, 1.82) is 0 Å². The lowest BCUT2D eigenvalue weighted by molar-refractivity contribution is -0.00862. The highest BCUT2D eigenvalue weighted by Gasteiger charge is 2.15. The third kappa shape index (κ3) is 10.7. The number of carbonyl (C=O) groups excluding carboxylic acids is 1. The molecule has 5 nitrogen and oxygen atoms in total. The standard InChI is InChI=1S/C19H29Cl2NO4/c1-19(2,3)26-18(23)22-25-9-7-5-4-6-8-24-17-11-15(13-20)10-16(12-17)14-21/h10-12H,4-9,13-14H2,1-3H3,(H,22,23). The molecule has 0 aliphatic heterocycles. The van der Waals surface area contributed by atoms with Crippen molar-refractivity contribution in [3.05, 3.63) is 29.3 Å². The molecule has 148 valence electrons. The highest BCUT2D eigenvalue weighted by Crippen LogP contribution is 2.20. The molecule has 1 rings (SSSR count). The van der Waals surface area contributed by atoms with Crippen LogP contribution in [-0.4, -0.2) is 24.9 Å². The van der Waals surface area contributed by atoms with Gasteiger partial charge in [0.15, 0.2) is 0 Å². The van der Waals surface area contributed by atoms with E-state index < -0.39 is 11.7 Å². The Morgan fingerprint density at radius 3 is 2.08 bits per heavy atom. The van der Waals surface area contributed by atoms with Gasteiger partial charge in [0, 0.05) is 11.8 Å². The molecule has 0 unspecified atom stereocenters. The zero-order chi connectivity index (χ0) is 19.4. The highest BCUT2D eigenvalue weighted by molar-refractivity contribution is 6.17. The molecule has 0 fully saturated rings. The number of carbonyl (C=O) groups is 1. The van der Waals surface area contributed by atoms with Gasteiger partial charge in [-0.3, -0.25) is 4.84 Å². The SMILES string of the molecule is CC(C)(C)OC(=O)NOCCCCCCOc1cc(CCl)cc(CCl)c1. The van der Waals surface area contributed by atoms with Gasteiger partial charge in [-0.25, -0.2) is 4.79 Å². The van der Waals surface area contributed by atoms with E-state index in [1.54, 1.807) is 20.8 Å². The van der Waals surface area contributed by atoms with E-state index in [4.69, 9.17) is 37.5 Å². The third-order valence-electron chi connectivity index (χ3n) is 3.30. The van der Waals surface area contributed by atoms with Crippen molar-refractivity contribution in [2.45, 2.75) is 63.8 Å². The average Bonchev–Trinajstić information content (AvgIpc) is 2.58. The van der Waals surface area contributed by atoms with Gasteiger partial charge in [0.1, 0.15) is 11.4 Å². The molecule has 26 heavy (non-hydrogen) atoms. The predicted molar refractivity (Wildman–Crippen MR) is 105 cm³/mol. The number of alkyl halides is 2. The molecule has 7 heteroatoms. The fourth-order valence-electron chi connectivity index (χ4n) is 2.19. The Balaban J connectivity index is 2.07. The molecule has 0 radical (unpaired) electrons. The number of nitrogens with one attached hydrogen (secondary N) is 1. The van der Waals surface area contributed by atoms with Crippen molar-refractivity contribution in [2.24, 2.45) is 0 Å². The van der Waals surface area contributed by atoms with Crippen LogP contribution in [-0.2, 0) is 21.3 Å². The summed E-state index contributed by atoms with van der Waals surface area (Å²) >= 11 is 11.8. The molecular formula is C19H29Cl2NO4. The summed E-state index contributed by atoms with van der Waals surface area (Å²) in [6.45, 7) is 6.51. The number of hydrogen-bond donors (Lipinski definition) is 1. The topological polar surface area (TPSA) is 56.8 Å². The van der Waals surface area contributed by atoms with Gasteiger partial charge in [-0.05, 0) is 63.3 Å². The van der Waals surface area contributed by atoms with E-state index in [2.05, 4.69) is 5.48 Å². The lowest BCUT2D eigenvalue weighted by Gasteiger charge is -2.19. The Morgan fingerprint density at radius 1 is 0.962 bits per heavy atom. The van der Waals surface area contributed by atoms with Crippen molar-refractivity contribution in [3.63, 3.8) is 0 Å². The van der Waals surface area contributed by atoms with Gasteiger partial charge < -0.3 is 9.47 Å². The molecule has 0 aromatic heterocycles. The van der Waals surface area contributed by atoms with E-state index >= 15 is 0 Å². The van der Waals surface area contributed by atoms with Crippen molar-refractivity contribution < 1.29 is 19.1 Å². The van der Waals surface area contributed by atoms with Gasteiger partial charge in [-0.15, -0.1) is 23.2 Å². The van der Waals surface area contributed by atoms with E-state index in [1.807, 2.05) is 18.2 Å². The second-order valence-electron chi connectivity index (χ2n) is 6.97. The van der Waals surface area contributed by atoms with E-state index in [0.717, 1.165) is 42.6 Å². The maximum absolute atomic E-state index is 11.4. The molecule has 0 bridgehead atoms. The first kappa shape index (κ1) is 22.9. The van der Waals surface area contributed by atoms with Crippen LogP contribution >= 0.6 is 23.2 Å². The largest absolute Gasteiger partial charge is 0.494 e. The highest BCUT2D eigenvalue weighted by atomic mass is 35.5. The minimum Gasteiger partial charge on any atom is -0.494 e. The Morgan fingerprint density at radius 2 is 1.54 bits per heavy atom. The molecule has 0 atom stereocenters. The number of ether oxygens (including phenoxy) is 2. The first-order chi connectivity index (χ1) is 12.3. The first-order valence-corrected chi connectivity index (χ1v) is 9.89. The molecule has 0 heterocycles. The predicted octanol–water partition coefficient (Wildman–Crippen LogP) is 5.56. The molecule has 0 saturated heterocycles. The number of amides is 1. The number of benzene rings is 1. The minimum absolute atomic E-state index is 0.443. The number of unbranched alkanes of at least 4 members (excludes halogenated alkanes) is 3. The average molecular weight is 406 g/mol. The van der Waals surface area contributed by atoms with E-state index in [1.165, 1.54) is 0 Å². The van der Waals surface area contributed by atoms with Gasteiger partial charge in [-0.2, -0.15) is 5.48 Å². The molecule has 1 aromatic carbocycles. The van der Waals surface area contributed by atoms with E-state index in [-0.39, 0.29) is 0 Å². The van der Waals surface area contributed by atoms with Crippen LogP contribution in [0.1, 0.15) is 57.6 Å². The smallest absolute Gasteiger partial charge is 0.431 e. The quantitative estimate of drug-likeness (QED) is 0.297. The summed E-state index contributed by atoms with van der Waals surface area (Å²) in [7, 11) is 0. The van der Waals surface area contributed by atoms with E-state index in [0.29, 0.717) is 25.0 Å². The van der Waals surface area contributed by atoms with Crippen LogP contribution in [0.5, 0.6) is 5.75 Å². The minimum atomic E-state index is -0.568. The zero-order valence-corrected chi connectivity index (χ0v) is 17.3. The van der Waals surface area contributed by atoms with Crippen LogP contribution in [0.4, 0.5) is 4.79 Å². The Labute approximate surface area is 166 Å². The van der Waals surface area contributed by atoms with Gasteiger partial charge in [0.25, 0.3) is 0 Å². The summed E-state index contributed by atoms with van der Waals surface area (Å²) in [5.41, 5.74) is 3.77. The monoisotopic (exact) mass is 405 g/mol. The molecule has 0 saturated carbocycles. The zero-order valence-electron chi connectivity index (χ0n) is 15.8. The Kier molecular flexibility index (Phi) is 10.8. The van der Waals surface area contributed by atoms with Crippen molar-refractivity contribution in [3.8, 4) is 5.75 Å². The molecular weight excluding hydrogens is 377 g/mol. The van der Waals surface area contributed by atoms with Crippen LogP contribution in [0.15, 0.2) is 18.2 Å². The Bertz CT molecular complexity index is 525.